The molecule has 6 heterocycles. The van der Waals surface area contributed by atoms with E-state index < -0.39 is 5.66 Å². The zero-order valence-electron chi connectivity index (χ0n) is 25.0. The molecule has 0 saturated heterocycles. The number of hydrogen-bond acceptors (Lipinski definition) is 2. The fourth-order valence-corrected chi connectivity index (χ4v) is 10.1. The standard InChI is InChI=1S/C37H38N4S/c1-5-8-15-26-20-21-27-32(24-26)42-34-30-18-11-13-22-39(30)37(36(6-2,7-3)33(27)34)25(4)41-29-17-10-9-16-28(29)38-35(41)31-19-12-14-23-40(31)37/h9-14,16-25H,5-8,15H2,1-4H3/q+2. The molecule has 42 heavy (non-hydrogen) atoms. The number of pyridine rings is 2. The third-order valence-corrected chi connectivity index (χ3v) is 11.6. The van der Waals surface area contributed by atoms with Gasteiger partial charge in [0.1, 0.15) is 10.3 Å². The number of hydrogen-bond donors (Lipinski definition) is 0. The predicted octanol–water partition coefficient (Wildman–Crippen LogP) is 8.35. The van der Waals surface area contributed by atoms with Crippen molar-refractivity contribution in [1.82, 2.24) is 9.55 Å². The minimum absolute atomic E-state index is 0.0952. The van der Waals surface area contributed by atoms with E-state index in [9.17, 15) is 0 Å². The van der Waals surface area contributed by atoms with Gasteiger partial charge in [-0.05, 0) is 73.9 Å². The van der Waals surface area contributed by atoms with Gasteiger partial charge in [0.2, 0.25) is 11.5 Å². The Morgan fingerprint density at radius 3 is 2.33 bits per heavy atom. The van der Waals surface area contributed by atoms with Crippen molar-refractivity contribution >= 4 is 32.5 Å². The molecule has 0 aliphatic carbocycles. The lowest BCUT2D eigenvalue weighted by Crippen LogP contribution is -2.86. The average Bonchev–Trinajstić information content (AvgIpc) is 3.62. The van der Waals surface area contributed by atoms with E-state index in [1.54, 1.807) is 0 Å². The second-order valence-electron chi connectivity index (χ2n) is 12.1. The first-order valence-electron chi connectivity index (χ1n) is 15.7. The van der Waals surface area contributed by atoms with Crippen LogP contribution in [0.5, 0.6) is 0 Å². The quantitative estimate of drug-likeness (QED) is 0.191. The summed E-state index contributed by atoms with van der Waals surface area (Å²) in [7, 11) is 0. The normalized spacial score (nSPS) is 20.0. The van der Waals surface area contributed by atoms with Crippen molar-refractivity contribution in [1.29, 1.82) is 0 Å². The number of para-hydroxylation sites is 2. The molecular formula is C37H38N4S+2. The minimum Gasteiger partial charge on any atom is -0.302 e. The smallest absolute Gasteiger partial charge is 0.302 e. The first kappa shape index (κ1) is 25.8. The molecule has 2 atom stereocenters. The third kappa shape index (κ3) is 3.05. The summed E-state index contributed by atoms with van der Waals surface area (Å²) in [4.78, 5) is 6.66. The van der Waals surface area contributed by atoms with Gasteiger partial charge in [0, 0.05) is 34.5 Å². The highest BCUT2D eigenvalue weighted by Gasteiger charge is 2.75. The Kier molecular flexibility index (Phi) is 5.75. The SMILES string of the molecule is CCCCc1ccc2c3c(sc2c1)-c1cccc[n+]1C1(C(C)n2c(nc4ccccc42)-c2cccc[n+]21)C3(CC)CC. The van der Waals surface area contributed by atoms with Crippen LogP contribution in [0.1, 0.15) is 70.5 Å². The molecule has 1 spiro atoms. The van der Waals surface area contributed by atoms with E-state index in [2.05, 4.69) is 133 Å². The van der Waals surface area contributed by atoms with Crippen LogP contribution >= 0.6 is 11.3 Å². The minimum atomic E-state index is -0.429. The molecule has 2 aliphatic heterocycles. The van der Waals surface area contributed by atoms with Gasteiger partial charge in [-0.1, -0.05) is 51.5 Å². The predicted molar refractivity (Wildman–Crippen MR) is 172 cm³/mol. The summed E-state index contributed by atoms with van der Waals surface area (Å²) in [5.41, 5.74) is 7.13. The molecular weight excluding hydrogens is 533 g/mol. The summed E-state index contributed by atoms with van der Waals surface area (Å²) in [5.74, 6) is 1.05. The van der Waals surface area contributed by atoms with Crippen LogP contribution in [0.4, 0.5) is 0 Å². The molecule has 8 rings (SSSR count). The second kappa shape index (κ2) is 9.34. The lowest BCUT2D eigenvalue weighted by Gasteiger charge is -2.48. The summed E-state index contributed by atoms with van der Waals surface area (Å²) in [6, 6.07) is 29.5. The molecule has 0 radical (unpaired) electrons. The van der Waals surface area contributed by atoms with Crippen LogP contribution in [0.15, 0.2) is 91.3 Å². The van der Waals surface area contributed by atoms with Gasteiger partial charge in [-0.25, -0.2) is 4.98 Å². The van der Waals surface area contributed by atoms with E-state index >= 15 is 0 Å². The second-order valence-corrected chi connectivity index (χ2v) is 13.2. The number of benzene rings is 2. The van der Waals surface area contributed by atoms with Crippen molar-refractivity contribution in [2.75, 3.05) is 0 Å². The molecule has 4 aromatic heterocycles. The van der Waals surface area contributed by atoms with Gasteiger partial charge in [-0.15, -0.1) is 20.5 Å². The van der Waals surface area contributed by atoms with Crippen LogP contribution in [0.2, 0.25) is 0 Å². The molecule has 2 aliphatic rings. The number of nitrogens with zero attached hydrogens (tertiary/aromatic N) is 4. The topological polar surface area (TPSA) is 25.6 Å². The lowest BCUT2D eigenvalue weighted by atomic mass is 9.60. The van der Waals surface area contributed by atoms with Crippen molar-refractivity contribution in [3.05, 3.63) is 102 Å². The Hall–Kier alpha value is -3.83. The van der Waals surface area contributed by atoms with Crippen molar-refractivity contribution in [2.45, 2.75) is 76.9 Å². The number of imidazole rings is 1. The molecule has 210 valence electrons. The summed E-state index contributed by atoms with van der Waals surface area (Å²) in [6.07, 6.45) is 10.3. The number of thiophene rings is 1. The molecule has 0 N–H and O–H groups in total. The molecule has 0 amide bonds. The molecule has 0 bridgehead atoms. The Labute approximate surface area is 251 Å². The maximum absolute atomic E-state index is 5.23. The molecule has 5 heteroatoms. The molecule has 2 unspecified atom stereocenters. The van der Waals surface area contributed by atoms with Gasteiger partial charge in [0.05, 0.1) is 11.0 Å². The molecule has 6 aromatic rings. The van der Waals surface area contributed by atoms with Gasteiger partial charge < -0.3 is 4.57 Å². The molecule has 4 nitrogen and oxygen atoms in total. The summed E-state index contributed by atoms with van der Waals surface area (Å²) < 4.78 is 9.19. The van der Waals surface area contributed by atoms with Crippen molar-refractivity contribution in [3.63, 3.8) is 0 Å². The number of rotatable bonds is 5. The number of aromatic nitrogens is 4. The van der Waals surface area contributed by atoms with Crippen molar-refractivity contribution < 1.29 is 9.13 Å². The van der Waals surface area contributed by atoms with Crippen LogP contribution in [0.25, 0.3) is 43.2 Å². The van der Waals surface area contributed by atoms with Crippen molar-refractivity contribution in [2.24, 2.45) is 0 Å². The zero-order valence-corrected chi connectivity index (χ0v) is 25.8. The Bertz CT molecular complexity index is 1990. The van der Waals surface area contributed by atoms with Gasteiger partial charge in [0.15, 0.2) is 18.4 Å². The third-order valence-electron chi connectivity index (χ3n) is 10.4. The Balaban J connectivity index is 1.53. The summed E-state index contributed by atoms with van der Waals surface area (Å²) in [5, 5.41) is 1.43. The van der Waals surface area contributed by atoms with Crippen LogP contribution < -0.4 is 9.13 Å². The highest BCUT2D eigenvalue weighted by atomic mass is 32.1. The van der Waals surface area contributed by atoms with E-state index in [-0.39, 0.29) is 11.5 Å². The summed E-state index contributed by atoms with van der Waals surface area (Å²) >= 11 is 1.99. The van der Waals surface area contributed by atoms with E-state index in [1.165, 1.54) is 55.8 Å². The molecule has 0 saturated carbocycles. The molecule has 2 aromatic carbocycles. The fourth-order valence-electron chi connectivity index (χ4n) is 8.67. The van der Waals surface area contributed by atoms with Gasteiger partial charge in [0.25, 0.3) is 5.69 Å². The van der Waals surface area contributed by atoms with Gasteiger partial charge in [-0.3, -0.25) is 0 Å². The maximum atomic E-state index is 5.23. The lowest BCUT2D eigenvalue weighted by molar-refractivity contribution is -1.00. The first-order chi connectivity index (χ1) is 20.6. The van der Waals surface area contributed by atoms with Crippen molar-refractivity contribution in [3.8, 4) is 22.1 Å². The van der Waals surface area contributed by atoms with Gasteiger partial charge >= 0.3 is 5.66 Å². The highest BCUT2D eigenvalue weighted by Crippen LogP contribution is 2.59. The first-order valence-corrected chi connectivity index (χ1v) is 16.5. The number of fused-ring (bicyclic) bond motifs is 12. The highest BCUT2D eigenvalue weighted by molar-refractivity contribution is 7.22. The van der Waals surface area contributed by atoms with E-state index in [0.29, 0.717) is 0 Å². The van der Waals surface area contributed by atoms with Crippen LogP contribution in [0.3, 0.4) is 0 Å². The van der Waals surface area contributed by atoms with E-state index in [1.807, 2.05) is 11.3 Å². The Morgan fingerprint density at radius 2 is 1.57 bits per heavy atom. The molecule has 0 fully saturated rings. The van der Waals surface area contributed by atoms with Crippen LogP contribution in [-0.4, -0.2) is 9.55 Å². The largest absolute Gasteiger partial charge is 0.392 e. The van der Waals surface area contributed by atoms with Gasteiger partial charge in [-0.2, -0.15) is 0 Å². The van der Waals surface area contributed by atoms with Crippen LogP contribution in [-0.2, 0) is 17.5 Å². The van der Waals surface area contributed by atoms with E-state index in [4.69, 9.17) is 4.98 Å². The van der Waals surface area contributed by atoms with Crippen LogP contribution in [0, 0.1) is 0 Å². The number of unbranched alkanes of at least 4 members (excludes halogenated alkanes) is 1. The monoisotopic (exact) mass is 570 g/mol. The maximum Gasteiger partial charge on any atom is 0.392 e. The zero-order chi connectivity index (χ0) is 28.6. The fraction of sp³-hybridized carbons (Fsp3) is 0.324. The Morgan fingerprint density at radius 1 is 0.857 bits per heavy atom. The van der Waals surface area contributed by atoms with E-state index in [0.717, 1.165) is 30.6 Å². The number of aryl methyl sites for hydroxylation is 1. The average molecular weight is 571 g/mol. The summed E-state index contributed by atoms with van der Waals surface area (Å²) in [6.45, 7) is 9.55.